The number of hydrogen-bond acceptors (Lipinski definition) is 5. The Labute approximate surface area is 176 Å². The number of nitriles is 1. The van der Waals surface area contributed by atoms with E-state index in [1.807, 2.05) is 16.7 Å². The molecule has 2 aromatic heterocycles. The molecule has 2 atom stereocenters. The van der Waals surface area contributed by atoms with Crippen LogP contribution in [0.15, 0.2) is 71.9 Å². The molecule has 0 aliphatic carbocycles. The third-order valence-electron chi connectivity index (χ3n) is 5.64. The Kier molecular flexibility index (Phi) is 4.37. The van der Waals surface area contributed by atoms with Gasteiger partial charge in [-0.1, -0.05) is 30.3 Å². The summed E-state index contributed by atoms with van der Waals surface area (Å²) < 4.78 is 17.1. The summed E-state index contributed by atoms with van der Waals surface area (Å²) in [6.07, 6.45) is 4.43. The van der Waals surface area contributed by atoms with Crippen LogP contribution < -0.4 is 5.43 Å². The van der Waals surface area contributed by atoms with E-state index in [4.69, 9.17) is 0 Å². The van der Waals surface area contributed by atoms with Crippen molar-refractivity contribution in [3.8, 4) is 23.3 Å². The number of nitrogens with zero attached hydrogens (tertiary/aromatic N) is 5. The molecule has 31 heavy (non-hydrogen) atoms. The van der Waals surface area contributed by atoms with Gasteiger partial charge >= 0.3 is 0 Å². The van der Waals surface area contributed by atoms with Crippen molar-refractivity contribution in [2.45, 2.75) is 18.5 Å². The quantitative estimate of drug-likeness (QED) is 0.556. The highest BCUT2D eigenvalue weighted by Gasteiger charge is 2.36. The summed E-state index contributed by atoms with van der Waals surface area (Å²) in [5, 5.41) is 24.6. The Morgan fingerprint density at radius 2 is 1.97 bits per heavy atom. The van der Waals surface area contributed by atoms with Gasteiger partial charge < -0.3 is 9.67 Å². The SMILES string of the molecule is N#Cc1ccccc1C(c1ccc(F)cc1)[C@H]1Cn2ccnc2-c2c(O)c(=O)cnn21. The van der Waals surface area contributed by atoms with Gasteiger partial charge in [-0.05, 0) is 29.3 Å². The second kappa shape index (κ2) is 7.22. The second-order valence-corrected chi connectivity index (χ2v) is 7.35. The standard InChI is InChI=1S/C23H16FN5O2/c24-16-7-5-14(6-8-16)20(17-4-2-1-3-15(17)11-25)18-13-28-10-9-26-23(28)21-22(31)19(30)12-27-29(18)21/h1-10,12,18,20,31H,13H2/t18-,20?/m1/s1. The summed E-state index contributed by atoms with van der Waals surface area (Å²) in [6.45, 7) is 0.430. The molecular formula is C23H16FN5O2. The lowest BCUT2D eigenvalue weighted by molar-refractivity contribution is 0.331. The Balaban J connectivity index is 1.79. The number of imidazole rings is 1. The van der Waals surface area contributed by atoms with Crippen LogP contribution >= 0.6 is 0 Å². The van der Waals surface area contributed by atoms with E-state index in [0.717, 1.165) is 17.3 Å². The molecule has 152 valence electrons. The fourth-order valence-electron chi connectivity index (χ4n) is 4.27. The number of rotatable bonds is 3. The highest BCUT2D eigenvalue weighted by molar-refractivity contribution is 5.60. The Bertz CT molecular complexity index is 1380. The smallest absolute Gasteiger partial charge is 0.242 e. The van der Waals surface area contributed by atoms with Crippen LogP contribution in [-0.4, -0.2) is 24.4 Å². The van der Waals surface area contributed by atoms with Gasteiger partial charge in [0.25, 0.3) is 0 Å². The normalized spacial score (nSPS) is 15.5. The van der Waals surface area contributed by atoms with Crippen molar-refractivity contribution in [2.75, 3.05) is 0 Å². The molecule has 1 aliphatic heterocycles. The van der Waals surface area contributed by atoms with Gasteiger partial charge in [0.1, 0.15) is 11.5 Å². The van der Waals surface area contributed by atoms with E-state index in [1.54, 1.807) is 41.3 Å². The van der Waals surface area contributed by atoms with Crippen LogP contribution in [0.1, 0.15) is 28.7 Å². The first-order chi connectivity index (χ1) is 15.1. The van der Waals surface area contributed by atoms with E-state index in [9.17, 15) is 19.6 Å². The lowest BCUT2D eigenvalue weighted by Crippen LogP contribution is -2.32. The second-order valence-electron chi connectivity index (χ2n) is 7.35. The van der Waals surface area contributed by atoms with Crippen LogP contribution in [0, 0.1) is 17.1 Å². The van der Waals surface area contributed by atoms with Gasteiger partial charge in [0, 0.05) is 24.9 Å². The van der Waals surface area contributed by atoms with E-state index in [0.29, 0.717) is 17.9 Å². The van der Waals surface area contributed by atoms with E-state index in [-0.39, 0.29) is 11.5 Å². The van der Waals surface area contributed by atoms with Gasteiger partial charge in [-0.2, -0.15) is 10.4 Å². The monoisotopic (exact) mass is 413 g/mol. The maximum absolute atomic E-state index is 13.7. The van der Waals surface area contributed by atoms with Gasteiger partial charge in [0.15, 0.2) is 11.6 Å². The summed E-state index contributed by atoms with van der Waals surface area (Å²) >= 11 is 0. The van der Waals surface area contributed by atoms with E-state index in [1.165, 1.54) is 12.1 Å². The van der Waals surface area contributed by atoms with Crippen LogP contribution in [0.2, 0.25) is 0 Å². The lowest BCUT2D eigenvalue weighted by atomic mass is 9.82. The fraction of sp³-hybridized carbons (Fsp3) is 0.130. The molecule has 8 heteroatoms. The maximum Gasteiger partial charge on any atom is 0.242 e. The molecule has 0 spiro atoms. The highest BCUT2D eigenvalue weighted by Crippen LogP contribution is 2.43. The molecule has 1 unspecified atom stereocenters. The highest BCUT2D eigenvalue weighted by atomic mass is 19.1. The minimum Gasteiger partial charge on any atom is -0.503 e. The molecule has 0 bridgehead atoms. The van der Waals surface area contributed by atoms with E-state index in [2.05, 4.69) is 16.2 Å². The molecule has 5 rings (SSSR count). The molecule has 0 amide bonds. The maximum atomic E-state index is 13.7. The van der Waals surface area contributed by atoms with Crippen molar-refractivity contribution >= 4 is 0 Å². The molecule has 0 radical (unpaired) electrons. The first kappa shape index (κ1) is 18.8. The topological polar surface area (TPSA) is 96.7 Å². The van der Waals surface area contributed by atoms with Crippen molar-refractivity contribution < 1.29 is 9.50 Å². The van der Waals surface area contributed by atoms with Gasteiger partial charge in [-0.25, -0.2) is 9.37 Å². The Hall–Kier alpha value is -4.25. The Morgan fingerprint density at radius 1 is 1.19 bits per heavy atom. The molecule has 4 aromatic rings. The Morgan fingerprint density at radius 3 is 2.74 bits per heavy atom. The summed E-state index contributed by atoms with van der Waals surface area (Å²) in [5.74, 6) is -0.763. The number of aromatic hydroxyl groups is 1. The average molecular weight is 413 g/mol. The third-order valence-corrected chi connectivity index (χ3v) is 5.64. The average Bonchev–Trinajstić information content (AvgIpc) is 3.26. The van der Waals surface area contributed by atoms with Crippen LogP contribution in [0.3, 0.4) is 0 Å². The molecule has 3 heterocycles. The molecule has 0 fully saturated rings. The van der Waals surface area contributed by atoms with Crippen LogP contribution in [0.4, 0.5) is 4.39 Å². The number of hydrogen-bond donors (Lipinski definition) is 1. The fourth-order valence-corrected chi connectivity index (χ4v) is 4.27. The lowest BCUT2D eigenvalue weighted by Gasteiger charge is -2.35. The summed E-state index contributed by atoms with van der Waals surface area (Å²) in [7, 11) is 0. The van der Waals surface area contributed by atoms with Gasteiger partial charge in [-0.3, -0.25) is 9.48 Å². The number of benzene rings is 2. The van der Waals surface area contributed by atoms with Crippen molar-refractivity contribution in [3.05, 3.63) is 99.9 Å². The van der Waals surface area contributed by atoms with Gasteiger partial charge in [0.2, 0.25) is 5.43 Å². The molecule has 0 saturated heterocycles. The predicted molar refractivity (Wildman–Crippen MR) is 110 cm³/mol. The van der Waals surface area contributed by atoms with Crippen molar-refractivity contribution in [3.63, 3.8) is 0 Å². The number of fused-ring (bicyclic) bond motifs is 3. The molecular weight excluding hydrogens is 397 g/mol. The van der Waals surface area contributed by atoms with Crippen LogP contribution in [-0.2, 0) is 6.54 Å². The largest absolute Gasteiger partial charge is 0.503 e. The minimum atomic E-state index is -0.600. The van der Waals surface area contributed by atoms with Crippen molar-refractivity contribution in [1.82, 2.24) is 19.3 Å². The molecule has 1 aliphatic rings. The molecule has 2 aromatic carbocycles. The van der Waals surface area contributed by atoms with Crippen molar-refractivity contribution in [2.24, 2.45) is 0 Å². The molecule has 1 N–H and O–H groups in total. The number of aromatic nitrogens is 4. The van der Waals surface area contributed by atoms with Crippen LogP contribution in [0.5, 0.6) is 5.75 Å². The number of halogens is 1. The third kappa shape index (κ3) is 2.99. The van der Waals surface area contributed by atoms with Gasteiger partial charge in [-0.15, -0.1) is 0 Å². The van der Waals surface area contributed by atoms with E-state index < -0.39 is 23.1 Å². The minimum absolute atomic E-state index is 0.218. The zero-order chi connectivity index (χ0) is 21.5. The summed E-state index contributed by atoms with van der Waals surface area (Å²) in [4.78, 5) is 16.4. The first-order valence-corrected chi connectivity index (χ1v) is 9.65. The molecule has 7 nitrogen and oxygen atoms in total. The van der Waals surface area contributed by atoms with Crippen LogP contribution in [0.25, 0.3) is 11.5 Å². The molecule has 0 saturated carbocycles. The van der Waals surface area contributed by atoms with Crippen molar-refractivity contribution in [1.29, 1.82) is 5.26 Å². The summed E-state index contributed by atoms with van der Waals surface area (Å²) in [6, 6.07) is 15.1. The van der Waals surface area contributed by atoms with E-state index >= 15 is 0 Å². The zero-order valence-corrected chi connectivity index (χ0v) is 16.2. The van der Waals surface area contributed by atoms with Gasteiger partial charge in [0.05, 0.1) is 23.9 Å². The predicted octanol–water partition coefficient (Wildman–Crippen LogP) is 3.21. The first-order valence-electron chi connectivity index (χ1n) is 9.65. The zero-order valence-electron chi connectivity index (χ0n) is 16.2. The summed E-state index contributed by atoms with van der Waals surface area (Å²) in [5.41, 5.74) is 1.63.